The minimum atomic E-state index is -1.63. The molecule has 1 saturated carbocycles. The van der Waals surface area contributed by atoms with E-state index < -0.39 is 7.26 Å². The van der Waals surface area contributed by atoms with E-state index in [9.17, 15) is 0 Å². The number of hydrogen-bond donors (Lipinski definition) is 0. The van der Waals surface area contributed by atoms with E-state index in [4.69, 9.17) is 0 Å². The molecule has 1 heteroatoms. The van der Waals surface area contributed by atoms with E-state index in [-0.39, 0.29) is 0 Å². The molecule has 0 atom stereocenters. The molecule has 1 fully saturated rings. The van der Waals surface area contributed by atoms with Crippen LogP contribution >= 0.6 is 7.26 Å². The quantitative estimate of drug-likeness (QED) is 0.197. The van der Waals surface area contributed by atoms with E-state index in [1.807, 2.05) is 0 Å². The summed E-state index contributed by atoms with van der Waals surface area (Å²) in [4.78, 5) is 0. The first-order valence-corrected chi connectivity index (χ1v) is 14.9. The van der Waals surface area contributed by atoms with E-state index in [0.717, 1.165) is 5.92 Å². The fraction of sp³-hybridized carbons (Fsp3) is 0.419. The van der Waals surface area contributed by atoms with Gasteiger partial charge < -0.3 is 0 Å². The second-order valence-electron chi connectivity index (χ2n) is 9.60. The first kappa shape index (κ1) is 23.3. The summed E-state index contributed by atoms with van der Waals surface area (Å²) < 4.78 is 0. The summed E-state index contributed by atoms with van der Waals surface area (Å²) in [5.74, 6) is 1.06. The van der Waals surface area contributed by atoms with Gasteiger partial charge in [-0.25, -0.2) is 0 Å². The smallest absolute Gasteiger partial charge is 0.0620 e. The van der Waals surface area contributed by atoms with Crippen LogP contribution in [-0.2, 0) is 0 Å². The van der Waals surface area contributed by atoms with E-state index >= 15 is 0 Å². The maximum Gasteiger partial charge on any atom is 0.112 e. The van der Waals surface area contributed by atoms with Gasteiger partial charge in [-0.3, -0.25) is 0 Å². The van der Waals surface area contributed by atoms with E-state index in [0.29, 0.717) is 0 Å². The molecule has 0 aliphatic heterocycles. The van der Waals surface area contributed by atoms with Crippen molar-refractivity contribution < 1.29 is 0 Å². The predicted octanol–water partition coefficient (Wildman–Crippen LogP) is 7.90. The molecule has 0 amide bonds. The molecule has 4 rings (SSSR count). The first-order valence-electron chi connectivity index (χ1n) is 12.9. The van der Waals surface area contributed by atoms with Crippen molar-refractivity contribution in [3.05, 3.63) is 91.0 Å². The fourth-order valence-corrected chi connectivity index (χ4v) is 10.1. The molecule has 3 aromatic carbocycles. The SMILES string of the molecule is c1ccc([P+](CCCCCCCCC2CCCC2)(c2ccccc2)c2ccccc2)cc1. The Morgan fingerprint density at radius 1 is 0.500 bits per heavy atom. The zero-order valence-corrected chi connectivity index (χ0v) is 20.6. The number of hydrogen-bond acceptors (Lipinski definition) is 0. The largest absolute Gasteiger partial charge is 0.112 e. The van der Waals surface area contributed by atoms with Crippen LogP contribution in [0.5, 0.6) is 0 Å². The Balaban J connectivity index is 1.42. The van der Waals surface area contributed by atoms with Gasteiger partial charge in [0.25, 0.3) is 0 Å². The molecule has 0 nitrogen and oxygen atoms in total. The molecule has 0 unspecified atom stereocenters. The average molecular weight is 444 g/mol. The van der Waals surface area contributed by atoms with Crippen molar-refractivity contribution in [1.82, 2.24) is 0 Å². The number of benzene rings is 3. The third-order valence-corrected chi connectivity index (χ3v) is 11.9. The molecule has 168 valence electrons. The van der Waals surface area contributed by atoms with Gasteiger partial charge in [0.15, 0.2) is 0 Å². The molecule has 0 radical (unpaired) electrons. The minimum absolute atomic E-state index is 1.06. The normalized spacial score (nSPS) is 14.6. The van der Waals surface area contributed by atoms with Crippen LogP contribution in [0, 0.1) is 5.92 Å². The highest BCUT2D eigenvalue weighted by molar-refractivity contribution is 7.95. The topological polar surface area (TPSA) is 0 Å². The first-order chi connectivity index (χ1) is 15.9. The van der Waals surface area contributed by atoms with Gasteiger partial charge in [-0.15, -0.1) is 0 Å². The van der Waals surface area contributed by atoms with Crippen molar-refractivity contribution in [3.8, 4) is 0 Å². The van der Waals surface area contributed by atoms with Crippen molar-refractivity contribution >= 4 is 23.2 Å². The second kappa shape index (κ2) is 12.4. The third-order valence-electron chi connectivity index (χ3n) is 7.42. The van der Waals surface area contributed by atoms with Gasteiger partial charge in [-0.05, 0) is 55.2 Å². The Kier molecular flexibility index (Phi) is 8.98. The van der Waals surface area contributed by atoms with Crippen LogP contribution in [0.25, 0.3) is 0 Å². The Hall–Kier alpha value is -1.91. The maximum atomic E-state index is 2.37. The zero-order chi connectivity index (χ0) is 21.9. The molecule has 1 aliphatic carbocycles. The van der Waals surface area contributed by atoms with Crippen molar-refractivity contribution in [3.63, 3.8) is 0 Å². The second-order valence-corrected chi connectivity index (χ2v) is 13.2. The van der Waals surface area contributed by atoms with Crippen LogP contribution in [0.2, 0.25) is 0 Å². The molecule has 0 heterocycles. The van der Waals surface area contributed by atoms with Crippen LogP contribution < -0.4 is 15.9 Å². The third kappa shape index (κ3) is 5.90. The lowest BCUT2D eigenvalue weighted by atomic mass is 9.99. The predicted molar refractivity (Wildman–Crippen MR) is 144 cm³/mol. The van der Waals surface area contributed by atoms with Gasteiger partial charge >= 0.3 is 0 Å². The lowest BCUT2D eigenvalue weighted by Gasteiger charge is -2.27. The lowest BCUT2D eigenvalue weighted by molar-refractivity contribution is 0.462. The van der Waals surface area contributed by atoms with Crippen LogP contribution in [0.15, 0.2) is 91.0 Å². The van der Waals surface area contributed by atoms with Crippen molar-refractivity contribution in [2.75, 3.05) is 6.16 Å². The molecular weight excluding hydrogens is 403 g/mol. The highest BCUT2D eigenvalue weighted by Crippen LogP contribution is 2.56. The van der Waals surface area contributed by atoms with Crippen molar-refractivity contribution in [2.45, 2.75) is 70.6 Å². The van der Waals surface area contributed by atoms with E-state index in [2.05, 4.69) is 91.0 Å². The summed E-state index contributed by atoms with van der Waals surface area (Å²) >= 11 is 0. The van der Waals surface area contributed by atoms with Gasteiger partial charge in [-0.1, -0.05) is 112 Å². The minimum Gasteiger partial charge on any atom is -0.0620 e. The molecule has 0 spiro atoms. The molecule has 1 aliphatic rings. The fourth-order valence-electron chi connectivity index (χ4n) is 5.67. The highest BCUT2D eigenvalue weighted by Gasteiger charge is 2.44. The molecule has 32 heavy (non-hydrogen) atoms. The van der Waals surface area contributed by atoms with Crippen LogP contribution in [0.1, 0.15) is 70.6 Å². The lowest BCUT2D eigenvalue weighted by Crippen LogP contribution is -2.33. The molecule has 0 aromatic heterocycles. The van der Waals surface area contributed by atoms with E-state index in [1.165, 1.54) is 92.7 Å². The summed E-state index contributed by atoms with van der Waals surface area (Å²) in [6.45, 7) is 0. The van der Waals surface area contributed by atoms with Crippen LogP contribution in [0.3, 0.4) is 0 Å². The standard InChI is InChI=1S/C31H40P/c1(3-8-18-28-19-15-16-20-28)2-4-17-27-32(29-21-9-5-10-22-29,30-23-11-6-12-24-30)31-25-13-7-14-26-31/h5-7,9-14,21-26,28H,1-4,8,15-20,27H2/q+1. The molecule has 0 bridgehead atoms. The van der Waals surface area contributed by atoms with Crippen LogP contribution in [0.4, 0.5) is 0 Å². The summed E-state index contributed by atoms with van der Waals surface area (Å²) in [5.41, 5.74) is 0. The summed E-state index contributed by atoms with van der Waals surface area (Å²) in [6.07, 6.45) is 17.1. The summed E-state index contributed by atoms with van der Waals surface area (Å²) in [6, 6.07) is 34.0. The zero-order valence-electron chi connectivity index (χ0n) is 19.7. The maximum absolute atomic E-state index is 2.37. The molecule has 0 N–H and O–H groups in total. The summed E-state index contributed by atoms with van der Waals surface area (Å²) in [5, 5.41) is 4.57. The van der Waals surface area contributed by atoms with Crippen molar-refractivity contribution in [1.29, 1.82) is 0 Å². The van der Waals surface area contributed by atoms with Gasteiger partial charge in [0.05, 0.1) is 6.16 Å². The Morgan fingerprint density at radius 2 is 0.906 bits per heavy atom. The number of unbranched alkanes of at least 4 members (excludes halogenated alkanes) is 5. The Bertz CT molecular complexity index is 785. The van der Waals surface area contributed by atoms with Gasteiger partial charge in [0, 0.05) is 0 Å². The summed E-state index contributed by atoms with van der Waals surface area (Å²) in [7, 11) is -1.63. The molecule has 0 saturated heterocycles. The van der Waals surface area contributed by atoms with Gasteiger partial charge in [0.1, 0.15) is 23.2 Å². The van der Waals surface area contributed by atoms with E-state index in [1.54, 1.807) is 0 Å². The molecule has 3 aromatic rings. The van der Waals surface area contributed by atoms with Gasteiger partial charge in [0.2, 0.25) is 0 Å². The molecular formula is C31H40P+. The monoisotopic (exact) mass is 443 g/mol. The average Bonchev–Trinajstić information content (AvgIpc) is 3.39. The Labute approximate surface area is 196 Å². The number of rotatable bonds is 12. The highest BCUT2D eigenvalue weighted by atomic mass is 31.2. The van der Waals surface area contributed by atoms with Crippen molar-refractivity contribution in [2.24, 2.45) is 5.92 Å². The van der Waals surface area contributed by atoms with Crippen LogP contribution in [-0.4, -0.2) is 6.16 Å². The van der Waals surface area contributed by atoms with Gasteiger partial charge in [-0.2, -0.15) is 0 Å². The Morgan fingerprint density at radius 3 is 1.38 bits per heavy atom.